The first-order valence-corrected chi connectivity index (χ1v) is 18.5. The summed E-state index contributed by atoms with van der Waals surface area (Å²) in [4.78, 5) is 50.5. The van der Waals surface area contributed by atoms with Gasteiger partial charge in [0.25, 0.3) is 0 Å². The number of hydrogen-bond acceptors (Lipinski definition) is 17. The Balaban J connectivity index is 1.42. The molecule has 4 amide bonds. The number of unbranched alkanes of at least 4 members (excludes halogenated alkanes) is 2. The van der Waals surface area contributed by atoms with Crippen molar-refractivity contribution in [2.45, 2.75) is 113 Å². The summed E-state index contributed by atoms with van der Waals surface area (Å²) in [5.74, 6) is -1.64. The Kier molecular flexibility index (Phi) is 20.8. The molecule has 2 heterocycles. The molecule has 1 aromatic carbocycles. The molecule has 56 heavy (non-hydrogen) atoms. The molecule has 2 saturated heterocycles. The minimum atomic E-state index is -1.65. The Bertz CT molecular complexity index is 1330. The molecule has 0 bridgehead atoms. The number of hydrogen-bond donors (Lipinski definition) is 12. The molecule has 11 atom stereocenters. The molecule has 0 unspecified atom stereocenters. The highest BCUT2D eigenvalue weighted by atomic mass is 16.7. The van der Waals surface area contributed by atoms with Crippen LogP contribution in [0.5, 0.6) is 0 Å². The first-order valence-electron chi connectivity index (χ1n) is 18.5. The van der Waals surface area contributed by atoms with Gasteiger partial charge in [0.2, 0.25) is 17.7 Å². The first-order chi connectivity index (χ1) is 26.9. The van der Waals surface area contributed by atoms with Crippen LogP contribution in [0.2, 0.25) is 0 Å². The maximum Gasteiger partial charge on any atom is 0.407 e. The molecule has 21 heteroatoms. The summed E-state index contributed by atoms with van der Waals surface area (Å²) >= 11 is 0. The van der Waals surface area contributed by atoms with E-state index in [9.17, 15) is 60.0 Å². The fourth-order valence-electron chi connectivity index (χ4n) is 5.70. The molecule has 318 valence electrons. The highest BCUT2D eigenvalue weighted by Gasteiger charge is 2.45. The summed E-state index contributed by atoms with van der Waals surface area (Å²) in [6, 6.07) is 8.03. The minimum absolute atomic E-state index is 0.0456. The summed E-state index contributed by atoms with van der Waals surface area (Å²) in [5, 5.41) is 88.9. The summed E-state index contributed by atoms with van der Waals surface area (Å²) in [7, 11) is 0. The van der Waals surface area contributed by atoms with Gasteiger partial charge in [-0.3, -0.25) is 14.4 Å². The normalized spacial score (nSPS) is 28.1. The number of rotatable bonds is 23. The molecule has 12 N–H and O–H groups in total. The van der Waals surface area contributed by atoms with Gasteiger partial charge in [0.15, 0.2) is 12.6 Å². The standard InChI is InChI=1S/C35H56N4O17/c40-17-22-26(44)28(46)30(48)33(55-22)52-15-13-36-24(42)11-10-21(32(50)37-14-16-53-34-31(49)29(47)27(45)23(18-41)56-34)39-25(43)9-5-2-6-12-38-35(51)54-19-20-7-3-1-4-8-20/h1,3-4,7-8,21-23,26-31,33-34,40-41,44-49H,2,5-6,9-19H2,(H,36,42)(H,37,50)(H,38,51)(H,39,43)/t21-,22+,23+,26+,27+,28-,29-,30-,31-,33-,34-/m0/s1. The average Bonchev–Trinajstić information content (AvgIpc) is 3.20. The van der Waals surface area contributed by atoms with E-state index >= 15 is 0 Å². The van der Waals surface area contributed by atoms with Gasteiger partial charge in [0.05, 0.1) is 26.4 Å². The molecule has 0 spiro atoms. The van der Waals surface area contributed by atoms with E-state index in [2.05, 4.69) is 21.3 Å². The van der Waals surface area contributed by atoms with Crippen molar-refractivity contribution >= 4 is 23.8 Å². The maximum absolute atomic E-state index is 13.1. The number of benzene rings is 1. The summed E-state index contributed by atoms with van der Waals surface area (Å²) in [6.45, 7) is -1.48. The van der Waals surface area contributed by atoms with Crippen LogP contribution in [0.4, 0.5) is 4.79 Å². The van der Waals surface area contributed by atoms with E-state index in [1.54, 1.807) is 0 Å². The van der Waals surface area contributed by atoms with Crippen LogP contribution in [0.25, 0.3) is 0 Å². The number of carbonyl (C=O) groups excluding carboxylic acids is 4. The van der Waals surface area contributed by atoms with Gasteiger partial charge in [-0.05, 0) is 24.8 Å². The predicted octanol–water partition coefficient (Wildman–Crippen LogP) is -4.40. The molecule has 2 fully saturated rings. The average molecular weight is 805 g/mol. The van der Waals surface area contributed by atoms with Crippen molar-refractivity contribution in [2.75, 3.05) is 46.1 Å². The monoisotopic (exact) mass is 804 g/mol. The van der Waals surface area contributed by atoms with Crippen LogP contribution >= 0.6 is 0 Å². The van der Waals surface area contributed by atoms with Crippen LogP contribution in [0.15, 0.2) is 30.3 Å². The molecular formula is C35H56N4O17. The predicted molar refractivity (Wildman–Crippen MR) is 190 cm³/mol. The number of carbonyl (C=O) groups is 4. The van der Waals surface area contributed by atoms with E-state index in [-0.39, 0.29) is 52.2 Å². The quantitative estimate of drug-likeness (QED) is 0.0465. The zero-order chi connectivity index (χ0) is 41.0. The number of ether oxygens (including phenoxy) is 5. The molecule has 0 radical (unpaired) electrons. The Labute approximate surface area is 323 Å². The molecule has 21 nitrogen and oxygen atoms in total. The molecule has 0 aromatic heterocycles. The molecule has 0 aliphatic carbocycles. The molecular weight excluding hydrogens is 748 g/mol. The third-order valence-electron chi connectivity index (χ3n) is 8.96. The van der Waals surface area contributed by atoms with Crippen LogP contribution in [0, 0.1) is 0 Å². The Morgan fingerprint density at radius 1 is 0.643 bits per heavy atom. The number of nitrogens with one attached hydrogen (secondary N) is 4. The molecule has 0 saturated carbocycles. The van der Waals surface area contributed by atoms with Crippen molar-refractivity contribution in [1.29, 1.82) is 0 Å². The summed E-state index contributed by atoms with van der Waals surface area (Å²) in [5.41, 5.74) is 0.849. The SMILES string of the molecule is O=C(CC[C@H](NC(=O)CCCCCNC(=O)OCc1ccccc1)C(=O)NCCO[C@H]1O[C@H](CO)[C@@H](O)[C@H](O)[C@@H]1O)NCCO[C@H]1O[C@H](CO)[C@@H](O)[C@H](O)[C@@H]1O. The lowest BCUT2D eigenvalue weighted by Gasteiger charge is -2.39. The Morgan fingerprint density at radius 2 is 1.21 bits per heavy atom. The van der Waals surface area contributed by atoms with E-state index in [1.807, 2.05) is 30.3 Å². The first kappa shape index (κ1) is 46.8. The lowest BCUT2D eigenvalue weighted by Crippen LogP contribution is -2.59. The zero-order valence-corrected chi connectivity index (χ0v) is 30.9. The van der Waals surface area contributed by atoms with Gasteiger partial charge in [0.1, 0.15) is 61.5 Å². The van der Waals surface area contributed by atoms with Crippen molar-refractivity contribution in [3.05, 3.63) is 35.9 Å². The highest BCUT2D eigenvalue weighted by Crippen LogP contribution is 2.23. The van der Waals surface area contributed by atoms with Gasteiger partial charge in [-0.2, -0.15) is 0 Å². The largest absolute Gasteiger partial charge is 0.445 e. The number of alkyl carbamates (subject to hydrolysis) is 1. The Morgan fingerprint density at radius 3 is 1.79 bits per heavy atom. The van der Waals surface area contributed by atoms with Gasteiger partial charge in [-0.15, -0.1) is 0 Å². The van der Waals surface area contributed by atoms with Crippen molar-refractivity contribution in [2.24, 2.45) is 0 Å². The van der Waals surface area contributed by atoms with E-state index in [4.69, 9.17) is 23.7 Å². The van der Waals surface area contributed by atoms with Crippen molar-refractivity contribution in [3.63, 3.8) is 0 Å². The van der Waals surface area contributed by atoms with E-state index in [1.165, 1.54) is 0 Å². The third kappa shape index (κ3) is 15.4. The molecule has 2 aliphatic heterocycles. The van der Waals surface area contributed by atoms with Gasteiger partial charge in [0, 0.05) is 32.5 Å². The van der Waals surface area contributed by atoms with Crippen molar-refractivity contribution in [3.8, 4) is 0 Å². The maximum atomic E-state index is 13.1. The number of amides is 4. The molecule has 1 aromatic rings. The van der Waals surface area contributed by atoms with Crippen LogP contribution in [-0.4, -0.2) is 178 Å². The van der Waals surface area contributed by atoms with E-state index in [0.717, 1.165) is 5.56 Å². The second-order valence-corrected chi connectivity index (χ2v) is 13.2. The second kappa shape index (κ2) is 24.9. The van der Waals surface area contributed by atoms with Crippen LogP contribution in [0.3, 0.4) is 0 Å². The van der Waals surface area contributed by atoms with Gasteiger partial charge < -0.3 is 85.8 Å². The summed E-state index contributed by atoms with van der Waals surface area (Å²) in [6.07, 6.45) is -14.1. The summed E-state index contributed by atoms with van der Waals surface area (Å²) < 4.78 is 26.4. The third-order valence-corrected chi connectivity index (χ3v) is 8.96. The number of aliphatic hydroxyl groups is 8. The second-order valence-electron chi connectivity index (χ2n) is 13.2. The molecule has 3 rings (SSSR count). The lowest BCUT2D eigenvalue weighted by molar-refractivity contribution is -0.300. The fourth-order valence-corrected chi connectivity index (χ4v) is 5.70. The van der Waals surface area contributed by atoms with Crippen LogP contribution in [0.1, 0.15) is 44.1 Å². The van der Waals surface area contributed by atoms with Gasteiger partial charge in [-0.1, -0.05) is 36.8 Å². The van der Waals surface area contributed by atoms with Crippen LogP contribution < -0.4 is 21.3 Å². The van der Waals surface area contributed by atoms with E-state index in [0.29, 0.717) is 25.8 Å². The topological polar surface area (TPSA) is 324 Å². The molecule has 2 aliphatic rings. The van der Waals surface area contributed by atoms with Crippen molar-refractivity contribution < 1.29 is 83.7 Å². The fraction of sp³-hybridized carbons (Fsp3) is 0.714. The van der Waals surface area contributed by atoms with Gasteiger partial charge in [-0.25, -0.2) is 4.79 Å². The van der Waals surface area contributed by atoms with Crippen LogP contribution in [-0.2, 0) is 44.7 Å². The van der Waals surface area contributed by atoms with E-state index < -0.39 is 104 Å². The Hall–Kier alpha value is -3.58. The highest BCUT2D eigenvalue weighted by molar-refractivity contribution is 5.88. The van der Waals surface area contributed by atoms with Gasteiger partial charge >= 0.3 is 6.09 Å². The van der Waals surface area contributed by atoms with Crippen molar-refractivity contribution in [1.82, 2.24) is 21.3 Å². The zero-order valence-electron chi connectivity index (χ0n) is 30.9. The number of aliphatic hydroxyl groups excluding tert-OH is 8. The smallest absolute Gasteiger partial charge is 0.407 e. The minimum Gasteiger partial charge on any atom is -0.445 e. The lowest BCUT2D eigenvalue weighted by atomic mass is 9.99.